The molecule has 18 heavy (non-hydrogen) atoms. The van der Waals surface area contributed by atoms with E-state index in [4.69, 9.17) is 4.52 Å². The molecule has 0 aromatic carbocycles. The Morgan fingerprint density at radius 1 is 1.50 bits per heavy atom. The van der Waals surface area contributed by atoms with Crippen molar-refractivity contribution in [1.29, 1.82) is 0 Å². The van der Waals surface area contributed by atoms with E-state index in [-0.39, 0.29) is 6.03 Å². The Labute approximate surface area is 105 Å². The predicted molar refractivity (Wildman–Crippen MR) is 62.8 cm³/mol. The van der Waals surface area contributed by atoms with Crippen molar-refractivity contribution >= 4 is 6.03 Å². The van der Waals surface area contributed by atoms with E-state index in [1.165, 1.54) is 0 Å². The Hall–Kier alpha value is -1.63. The molecule has 0 aliphatic carbocycles. The number of rotatable bonds is 3. The van der Waals surface area contributed by atoms with Crippen LogP contribution in [-0.4, -0.2) is 58.2 Å². The van der Waals surface area contributed by atoms with Crippen molar-refractivity contribution in [2.75, 3.05) is 26.2 Å². The first-order chi connectivity index (χ1) is 8.74. The largest absolute Gasteiger partial charge is 0.337 e. The van der Waals surface area contributed by atoms with Gasteiger partial charge in [0.05, 0.1) is 0 Å². The molecule has 7 nitrogen and oxygen atoms in total. The fourth-order valence-electron chi connectivity index (χ4n) is 2.56. The Kier molecular flexibility index (Phi) is 2.91. The molecule has 2 amide bonds. The van der Waals surface area contributed by atoms with Crippen LogP contribution in [0.2, 0.25) is 0 Å². The molecule has 0 radical (unpaired) electrons. The average molecular weight is 251 g/mol. The molecule has 2 aliphatic heterocycles. The number of urea groups is 1. The maximum Gasteiger partial charge on any atom is 0.320 e. The summed E-state index contributed by atoms with van der Waals surface area (Å²) in [5.74, 6) is 1.11. The molecule has 0 saturated carbocycles. The minimum Gasteiger partial charge on any atom is -0.337 e. The molecule has 2 saturated heterocycles. The zero-order chi connectivity index (χ0) is 12.5. The normalized spacial score (nSPS) is 24.3. The molecule has 2 fully saturated rings. The molecular weight excluding hydrogens is 234 g/mol. The molecule has 0 spiro atoms. The van der Waals surface area contributed by atoms with Crippen molar-refractivity contribution in [2.24, 2.45) is 0 Å². The highest BCUT2D eigenvalue weighted by atomic mass is 16.5. The van der Waals surface area contributed by atoms with Gasteiger partial charge in [-0.05, 0) is 19.9 Å². The molecule has 1 N–H and O–H groups in total. The highest BCUT2D eigenvalue weighted by Crippen LogP contribution is 2.18. The minimum atomic E-state index is 0.0829. The number of nitrogens with zero attached hydrogens (tertiary/aromatic N) is 4. The van der Waals surface area contributed by atoms with Crippen LogP contribution in [0, 0.1) is 6.92 Å². The molecule has 1 aromatic rings. The third-order valence-corrected chi connectivity index (χ3v) is 3.50. The van der Waals surface area contributed by atoms with Gasteiger partial charge in [-0.15, -0.1) is 0 Å². The van der Waals surface area contributed by atoms with Crippen molar-refractivity contribution in [3.63, 3.8) is 0 Å². The lowest BCUT2D eigenvalue weighted by atomic mass is 10.2. The molecule has 1 aromatic heterocycles. The van der Waals surface area contributed by atoms with E-state index >= 15 is 0 Å². The lowest BCUT2D eigenvalue weighted by molar-refractivity contribution is 0.174. The summed E-state index contributed by atoms with van der Waals surface area (Å²) in [6.07, 6.45) is 1.04. The van der Waals surface area contributed by atoms with Crippen LogP contribution in [0.25, 0.3) is 0 Å². The monoisotopic (exact) mass is 251 g/mol. The number of aromatic nitrogens is 2. The van der Waals surface area contributed by atoms with Crippen LogP contribution >= 0.6 is 0 Å². The zero-order valence-corrected chi connectivity index (χ0v) is 10.4. The highest BCUT2D eigenvalue weighted by molar-refractivity contribution is 5.76. The number of nitrogens with one attached hydrogen (secondary N) is 1. The summed E-state index contributed by atoms with van der Waals surface area (Å²) in [5, 5.41) is 7.02. The van der Waals surface area contributed by atoms with Crippen LogP contribution in [0.5, 0.6) is 0 Å². The van der Waals surface area contributed by atoms with Gasteiger partial charge in [0.25, 0.3) is 0 Å². The Bertz CT molecular complexity index is 440. The summed E-state index contributed by atoms with van der Waals surface area (Å²) in [4.78, 5) is 20.1. The van der Waals surface area contributed by atoms with Crippen LogP contribution < -0.4 is 5.32 Å². The zero-order valence-electron chi connectivity index (χ0n) is 10.4. The van der Waals surface area contributed by atoms with Gasteiger partial charge in [0.1, 0.15) is 6.54 Å². The molecule has 7 heteroatoms. The summed E-state index contributed by atoms with van der Waals surface area (Å²) in [5.41, 5.74) is 0. The minimum absolute atomic E-state index is 0.0829. The van der Waals surface area contributed by atoms with E-state index in [1.54, 1.807) is 11.8 Å². The summed E-state index contributed by atoms with van der Waals surface area (Å²) in [7, 11) is 0. The number of carbonyl (C=O) groups excluding carboxylic acids is 1. The van der Waals surface area contributed by atoms with Crippen molar-refractivity contribution < 1.29 is 9.32 Å². The van der Waals surface area contributed by atoms with Crippen molar-refractivity contribution in [2.45, 2.75) is 25.9 Å². The summed E-state index contributed by atoms with van der Waals surface area (Å²) < 4.78 is 5.05. The van der Waals surface area contributed by atoms with E-state index in [1.807, 2.05) is 4.90 Å². The van der Waals surface area contributed by atoms with E-state index in [0.29, 0.717) is 24.3 Å². The molecular formula is C11H17N5O2. The molecule has 3 rings (SSSR count). The number of carbonyl (C=O) groups is 1. The summed E-state index contributed by atoms with van der Waals surface area (Å²) in [6.45, 7) is 5.61. The molecule has 1 atom stereocenters. The second-order valence-electron chi connectivity index (χ2n) is 4.78. The third kappa shape index (κ3) is 2.05. The standard InChI is InChI=1S/C11H17N5O2/c1-8-13-10(18-14-8)7-15-4-5-16(11(15)17)9-2-3-12-6-9/h9,12H,2-7H2,1H3/t9-/m1/s1. The summed E-state index contributed by atoms with van der Waals surface area (Å²) >= 11 is 0. The van der Waals surface area contributed by atoms with Gasteiger partial charge in [0, 0.05) is 25.7 Å². The number of amides is 2. The molecule has 0 bridgehead atoms. The van der Waals surface area contributed by atoms with Crippen LogP contribution in [0.1, 0.15) is 18.1 Å². The number of hydrogen-bond donors (Lipinski definition) is 1. The first-order valence-corrected chi connectivity index (χ1v) is 6.29. The summed E-state index contributed by atoms with van der Waals surface area (Å²) in [6, 6.07) is 0.423. The van der Waals surface area contributed by atoms with Crippen LogP contribution in [0.3, 0.4) is 0 Å². The molecule has 2 aliphatic rings. The smallest absolute Gasteiger partial charge is 0.320 e. The van der Waals surface area contributed by atoms with Gasteiger partial charge in [-0.25, -0.2) is 4.79 Å². The second kappa shape index (κ2) is 4.56. The molecule has 0 unspecified atom stereocenters. The van der Waals surface area contributed by atoms with Gasteiger partial charge in [0.2, 0.25) is 5.89 Å². The molecule has 3 heterocycles. The maximum atomic E-state index is 12.2. The van der Waals surface area contributed by atoms with Crippen LogP contribution in [0.4, 0.5) is 4.79 Å². The predicted octanol–water partition coefficient (Wildman–Crippen LogP) is -0.0225. The van der Waals surface area contributed by atoms with Crippen molar-refractivity contribution in [1.82, 2.24) is 25.3 Å². The van der Waals surface area contributed by atoms with Crippen LogP contribution in [-0.2, 0) is 6.54 Å². The topological polar surface area (TPSA) is 74.5 Å². The van der Waals surface area contributed by atoms with Gasteiger partial charge >= 0.3 is 6.03 Å². The Morgan fingerprint density at radius 3 is 3.06 bits per heavy atom. The number of aryl methyl sites for hydroxylation is 1. The van der Waals surface area contributed by atoms with Gasteiger partial charge in [-0.1, -0.05) is 5.16 Å². The number of hydrogen-bond acceptors (Lipinski definition) is 5. The Morgan fingerprint density at radius 2 is 2.39 bits per heavy atom. The molecule has 98 valence electrons. The lowest BCUT2D eigenvalue weighted by Crippen LogP contribution is -2.40. The van der Waals surface area contributed by atoms with E-state index < -0.39 is 0 Å². The van der Waals surface area contributed by atoms with E-state index in [9.17, 15) is 4.79 Å². The lowest BCUT2D eigenvalue weighted by Gasteiger charge is -2.23. The first kappa shape index (κ1) is 11.5. The third-order valence-electron chi connectivity index (χ3n) is 3.50. The Balaban J connectivity index is 1.63. The average Bonchev–Trinajstić information content (AvgIpc) is 3.04. The quantitative estimate of drug-likeness (QED) is 0.817. The second-order valence-corrected chi connectivity index (χ2v) is 4.78. The maximum absolute atomic E-state index is 12.2. The van der Waals surface area contributed by atoms with E-state index in [2.05, 4.69) is 15.5 Å². The SMILES string of the molecule is Cc1noc(CN2CCN([C@@H]3CCNC3)C2=O)n1. The van der Waals surface area contributed by atoms with Gasteiger partial charge in [0.15, 0.2) is 5.82 Å². The van der Waals surface area contributed by atoms with Crippen molar-refractivity contribution in [3.05, 3.63) is 11.7 Å². The highest BCUT2D eigenvalue weighted by Gasteiger charge is 2.35. The van der Waals surface area contributed by atoms with Crippen molar-refractivity contribution in [3.8, 4) is 0 Å². The van der Waals surface area contributed by atoms with Gasteiger partial charge in [-0.2, -0.15) is 4.98 Å². The fraction of sp³-hybridized carbons (Fsp3) is 0.727. The van der Waals surface area contributed by atoms with E-state index in [0.717, 1.165) is 32.6 Å². The van der Waals surface area contributed by atoms with Gasteiger partial charge < -0.3 is 19.6 Å². The van der Waals surface area contributed by atoms with Crippen LogP contribution in [0.15, 0.2) is 4.52 Å². The van der Waals surface area contributed by atoms with Gasteiger partial charge in [-0.3, -0.25) is 0 Å². The first-order valence-electron chi connectivity index (χ1n) is 6.29. The fourth-order valence-corrected chi connectivity index (χ4v) is 2.56.